The van der Waals surface area contributed by atoms with E-state index >= 15 is 0 Å². The zero-order valence-corrected chi connectivity index (χ0v) is 18.0. The van der Waals surface area contributed by atoms with E-state index in [4.69, 9.17) is 24.7 Å². The Hall–Kier alpha value is -2.84. The number of thiophene rings is 1. The average molecular weight is 421 g/mol. The summed E-state index contributed by atoms with van der Waals surface area (Å²) in [5.74, 6) is 2.19. The molecule has 8 heteroatoms. The van der Waals surface area contributed by atoms with Gasteiger partial charge in [0.15, 0.2) is 0 Å². The summed E-state index contributed by atoms with van der Waals surface area (Å²) >= 11 is 1.59. The number of fused-ring (bicyclic) bond motifs is 3. The summed E-state index contributed by atoms with van der Waals surface area (Å²) in [4.78, 5) is 22.5. The molecule has 4 aromatic rings. The fraction of sp³-hybridized carbons (Fsp3) is 0.364. The molecule has 0 radical (unpaired) electrons. The molecule has 0 saturated carbocycles. The number of hydrogen-bond donors (Lipinski definition) is 1. The molecule has 30 heavy (non-hydrogen) atoms. The predicted octanol–water partition coefficient (Wildman–Crippen LogP) is 3.34. The Labute approximate surface area is 179 Å². The molecule has 4 heterocycles. The van der Waals surface area contributed by atoms with Crippen molar-refractivity contribution < 1.29 is 4.74 Å². The van der Waals surface area contributed by atoms with Gasteiger partial charge in [-0.15, -0.1) is 11.3 Å². The highest BCUT2D eigenvalue weighted by molar-refractivity contribution is 7.25. The van der Waals surface area contributed by atoms with Crippen LogP contribution in [-0.2, 0) is 6.42 Å². The maximum atomic E-state index is 5.91. The van der Waals surface area contributed by atoms with Crippen molar-refractivity contribution in [2.75, 3.05) is 37.7 Å². The van der Waals surface area contributed by atoms with Crippen molar-refractivity contribution in [2.24, 2.45) is 0 Å². The van der Waals surface area contributed by atoms with E-state index in [1.165, 1.54) is 5.56 Å². The standard InChI is InChI=1S/C22H24N6OS/c1-3-29-20-19-18(26-22(27-20)28-11-9-23-10-12-28)17-14(2)24-16(25-21(17)30-19)13-15-7-5-4-6-8-15/h4-8,23H,3,9-13H2,1-2H3. The van der Waals surface area contributed by atoms with Crippen LogP contribution >= 0.6 is 11.3 Å². The molecule has 1 fully saturated rings. The van der Waals surface area contributed by atoms with E-state index in [0.29, 0.717) is 18.9 Å². The van der Waals surface area contributed by atoms with Gasteiger partial charge in [-0.3, -0.25) is 0 Å². The number of ether oxygens (including phenoxy) is 1. The van der Waals surface area contributed by atoms with Gasteiger partial charge in [0.1, 0.15) is 20.9 Å². The third-order valence-corrected chi connectivity index (χ3v) is 6.31. The van der Waals surface area contributed by atoms with Gasteiger partial charge in [-0.1, -0.05) is 30.3 Å². The van der Waals surface area contributed by atoms with Gasteiger partial charge in [-0.25, -0.2) is 15.0 Å². The largest absolute Gasteiger partial charge is 0.477 e. The molecule has 1 aromatic carbocycles. The van der Waals surface area contributed by atoms with Gasteiger partial charge in [0.2, 0.25) is 11.8 Å². The van der Waals surface area contributed by atoms with Gasteiger partial charge in [-0.05, 0) is 19.4 Å². The molecule has 1 aliphatic rings. The molecule has 5 rings (SSSR count). The zero-order chi connectivity index (χ0) is 20.5. The van der Waals surface area contributed by atoms with Crippen LogP contribution in [0.2, 0.25) is 0 Å². The molecule has 0 bridgehead atoms. The van der Waals surface area contributed by atoms with E-state index in [-0.39, 0.29) is 0 Å². The van der Waals surface area contributed by atoms with Crippen LogP contribution in [0, 0.1) is 6.92 Å². The molecule has 7 nitrogen and oxygen atoms in total. The molecule has 154 valence electrons. The van der Waals surface area contributed by atoms with Crippen molar-refractivity contribution in [3.63, 3.8) is 0 Å². The Morgan fingerprint density at radius 2 is 1.87 bits per heavy atom. The van der Waals surface area contributed by atoms with Crippen molar-refractivity contribution in [1.82, 2.24) is 25.3 Å². The molecular weight excluding hydrogens is 396 g/mol. The van der Waals surface area contributed by atoms with Crippen LogP contribution in [0.3, 0.4) is 0 Å². The Balaban J connectivity index is 1.64. The summed E-state index contributed by atoms with van der Waals surface area (Å²) in [6, 6.07) is 10.3. The number of rotatable bonds is 5. The lowest BCUT2D eigenvalue weighted by molar-refractivity contribution is 0.331. The quantitative estimate of drug-likeness (QED) is 0.531. The number of aromatic nitrogens is 4. The minimum atomic E-state index is 0.561. The van der Waals surface area contributed by atoms with Crippen LogP contribution < -0.4 is 15.0 Å². The zero-order valence-electron chi connectivity index (χ0n) is 17.2. The Kier molecular flexibility index (Phi) is 5.18. The first kappa shape index (κ1) is 19.1. The number of nitrogens with zero attached hydrogens (tertiary/aromatic N) is 5. The summed E-state index contributed by atoms with van der Waals surface area (Å²) in [5.41, 5.74) is 3.04. The van der Waals surface area contributed by atoms with Gasteiger partial charge < -0.3 is 15.0 Å². The molecule has 1 N–H and O–H groups in total. The highest BCUT2D eigenvalue weighted by Crippen LogP contribution is 2.39. The average Bonchev–Trinajstić information content (AvgIpc) is 3.14. The molecule has 0 atom stereocenters. The first-order valence-electron chi connectivity index (χ1n) is 10.3. The summed E-state index contributed by atoms with van der Waals surface area (Å²) in [5, 5.41) is 4.38. The van der Waals surface area contributed by atoms with Crippen LogP contribution in [-0.4, -0.2) is 52.7 Å². The molecule has 0 aliphatic carbocycles. The maximum Gasteiger partial charge on any atom is 0.236 e. The van der Waals surface area contributed by atoms with Crippen LogP contribution in [0.1, 0.15) is 24.0 Å². The van der Waals surface area contributed by atoms with Crippen molar-refractivity contribution in [3.05, 3.63) is 47.4 Å². The number of benzene rings is 1. The van der Waals surface area contributed by atoms with Crippen molar-refractivity contribution in [3.8, 4) is 5.88 Å². The minimum Gasteiger partial charge on any atom is -0.477 e. The Morgan fingerprint density at radius 1 is 1.07 bits per heavy atom. The Bertz CT molecular complexity index is 1190. The van der Waals surface area contributed by atoms with Gasteiger partial charge >= 0.3 is 0 Å². The molecular formula is C22H24N6OS. The van der Waals surface area contributed by atoms with Crippen molar-refractivity contribution >= 4 is 37.7 Å². The summed E-state index contributed by atoms with van der Waals surface area (Å²) < 4.78 is 6.86. The normalized spacial score (nSPS) is 14.5. The van der Waals surface area contributed by atoms with Gasteiger partial charge in [0.05, 0.1) is 17.7 Å². The second kappa shape index (κ2) is 8.12. The predicted molar refractivity (Wildman–Crippen MR) is 121 cm³/mol. The fourth-order valence-electron chi connectivity index (χ4n) is 3.82. The van der Waals surface area contributed by atoms with E-state index in [2.05, 4.69) is 22.3 Å². The first-order chi connectivity index (χ1) is 14.7. The second-order valence-corrected chi connectivity index (χ2v) is 8.35. The third-order valence-electron chi connectivity index (χ3n) is 5.25. The van der Waals surface area contributed by atoms with Crippen LogP contribution in [0.15, 0.2) is 30.3 Å². The smallest absolute Gasteiger partial charge is 0.236 e. The molecule has 1 aliphatic heterocycles. The molecule has 0 amide bonds. The monoisotopic (exact) mass is 420 g/mol. The first-order valence-corrected chi connectivity index (χ1v) is 11.1. The lowest BCUT2D eigenvalue weighted by atomic mass is 10.1. The van der Waals surface area contributed by atoms with E-state index in [9.17, 15) is 0 Å². The summed E-state index contributed by atoms with van der Waals surface area (Å²) in [6.45, 7) is 8.21. The van der Waals surface area contributed by atoms with Crippen LogP contribution in [0.4, 0.5) is 5.95 Å². The van der Waals surface area contributed by atoms with Crippen molar-refractivity contribution in [2.45, 2.75) is 20.3 Å². The second-order valence-electron chi connectivity index (χ2n) is 7.35. The molecule has 3 aromatic heterocycles. The summed E-state index contributed by atoms with van der Waals surface area (Å²) in [6.07, 6.45) is 0.710. The van der Waals surface area contributed by atoms with Crippen LogP contribution in [0.5, 0.6) is 5.88 Å². The number of piperazine rings is 1. The highest BCUT2D eigenvalue weighted by atomic mass is 32.1. The summed E-state index contributed by atoms with van der Waals surface area (Å²) in [7, 11) is 0. The van der Waals surface area contributed by atoms with E-state index in [1.54, 1.807) is 11.3 Å². The lowest BCUT2D eigenvalue weighted by Crippen LogP contribution is -2.44. The van der Waals surface area contributed by atoms with Gasteiger partial charge in [0, 0.05) is 32.6 Å². The van der Waals surface area contributed by atoms with E-state index in [1.807, 2.05) is 32.0 Å². The number of aryl methyl sites for hydroxylation is 1. The van der Waals surface area contributed by atoms with Gasteiger partial charge in [-0.2, -0.15) is 4.98 Å². The minimum absolute atomic E-state index is 0.561. The lowest BCUT2D eigenvalue weighted by Gasteiger charge is -2.27. The maximum absolute atomic E-state index is 5.91. The van der Waals surface area contributed by atoms with E-state index < -0.39 is 0 Å². The number of anilines is 1. The fourth-order valence-corrected chi connectivity index (χ4v) is 4.95. The molecule has 0 unspecified atom stereocenters. The third kappa shape index (κ3) is 3.57. The number of nitrogens with one attached hydrogen (secondary N) is 1. The van der Waals surface area contributed by atoms with Gasteiger partial charge in [0.25, 0.3) is 0 Å². The molecule has 0 spiro atoms. The van der Waals surface area contributed by atoms with Crippen LogP contribution in [0.25, 0.3) is 20.4 Å². The van der Waals surface area contributed by atoms with Crippen molar-refractivity contribution in [1.29, 1.82) is 0 Å². The van der Waals surface area contributed by atoms with E-state index in [0.717, 1.165) is 64.1 Å². The topological polar surface area (TPSA) is 76.1 Å². The Morgan fingerprint density at radius 3 is 2.63 bits per heavy atom. The highest BCUT2D eigenvalue weighted by Gasteiger charge is 2.22. The number of hydrogen-bond acceptors (Lipinski definition) is 8. The molecule has 1 saturated heterocycles. The SMILES string of the molecule is CCOc1nc(N2CCNCC2)nc2c1sc1nc(Cc3ccccc3)nc(C)c12.